The first-order valence-corrected chi connectivity index (χ1v) is 11.3. The van der Waals surface area contributed by atoms with Crippen LogP contribution in [0.3, 0.4) is 0 Å². The van der Waals surface area contributed by atoms with E-state index in [-0.39, 0.29) is 5.91 Å². The number of carbonyl (C=O) groups excluding carboxylic acids is 2. The lowest BCUT2D eigenvalue weighted by molar-refractivity contribution is -0.121. The molecule has 1 saturated heterocycles. The normalized spacial score (nSPS) is 14.3. The second-order valence-electron chi connectivity index (χ2n) is 8.27. The quantitative estimate of drug-likeness (QED) is 0.562. The van der Waals surface area contributed by atoms with Crippen molar-refractivity contribution >= 4 is 40.5 Å². The fraction of sp³-hybridized carbons (Fsp3) is 0.375. The van der Waals surface area contributed by atoms with E-state index >= 15 is 0 Å². The average Bonchev–Trinajstić information content (AvgIpc) is 3.07. The van der Waals surface area contributed by atoms with Crippen molar-refractivity contribution in [1.29, 1.82) is 5.41 Å². The number of benzene rings is 1. The summed E-state index contributed by atoms with van der Waals surface area (Å²) in [5, 5.41) is 14.1. The minimum absolute atomic E-state index is 0.358. The first-order valence-electron chi connectivity index (χ1n) is 10.5. The highest BCUT2D eigenvalue weighted by molar-refractivity contribution is 7.14. The van der Waals surface area contributed by atoms with Gasteiger partial charge in [0.05, 0.1) is 4.88 Å². The van der Waals surface area contributed by atoms with Gasteiger partial charge in [-0.25, -0.2) is 4.79 Å². The highest BCUT2D eigenvalue weighted by Crippen LogP contribution is 2.27. The van der Waals surface area contributed by atoms with Crippen LogP contribution in [-0.2, 0) is 4.79 Å². The lowest BCUT2D eigenvalue weighted by Gasteiger charge is -2.27. The van der Waals surface area contributed by atoms with Gasteiger partial charge in [-0.1, -0.05) is 23.7 Å². The van der Waals surface area contributed by atoms with E-state index in [1.54, 1.807) is 26.0 Å². The molecule has 0 aliphatic carbocycles. The topological polar surface area (TPSA) is 94.5 Å². The summed E-state index contributed by atoms with van der Waals surface area (Å²) in [5.41, 5.74) is 1.38. The van der Waals surface area contributed by atoms with Crippen LogP contribution in [0.4, 0.5) is 16.2 Å². The number of anilines is 2. The molecular weight excluding hydrogens is 424 g/mol. The first-order chi connectivity index (χ1) is 15.2. The van der Waals surface area contributed by atoms with Crippen LogP contribution < -0.4 is 20.3 Å². The van der Waals surface area contributed by atoms with Crippen molar-refractivity contribution < 1.29 is 14.3 Å². The maximum absolute atomic E-state index is 12.8. The van der Waals surface area contributed by atoms with E-state index in [0.717, 1.165) is 43.5 Å². The minimum Gasteiger partial charge on any atom is -0.399 e. The van der Waals surface area contributed by atoms with Crippen molar-refractivity contribution in [3.63, 3.8) is 0 Å². The van der Waals surface area contributed by atoms with Crippen LogP contribution in [-0.4, -0.2) is 29.9 Å². The number of aryl methyl sites for hydroxylation is 1. The third-order valence-electron chi connectivity index (χ3n) is 5.27. The number of rotatable bonds is 5. The minimum atomic E-state index is -1.21. The zero-order valence-corrected chi connectivity index (χ0v) is 19.4. The number of carbonyl (C=O) groups is 2. The van der Waals surface area contributed by atoms with Crippen LogP contribution in [0, 0.1) is 24.7 Å². The summed E-state index contributed by atoms with van der Waals surface area (Å²) >= 11 is 1.18. The van der Waals surface area contributed by atoms with E-state index in [2.05, 4.69) is 16.6 Å². The Labute approximate surface area is 192 Å². The monoisotopic (exact) mass is 452 g/mol. The van der Waals surface area contributed by atoms with Gasteiger partial charge in [0.15, 0.2) is 5.06 Å². The Morgan fingerprint density at radius 3 is 2.69 bits per heavy atom. The maximum Gasteiger partial charge on any atom is 0.414 e. The molecule has 32 heavy (non-hydrogen) atoms. The number of ether oxygens (including phenoxy) is 1. The molecule has 7 nitrogen and oxygen atoms in total. The van der Waals surface area contributed by atoms with Crippen molar-refractivity contribution in [3.8, 4) is 17.4 Å². The summed E-state index contributed by atoms with van der Waals surface area (Å²) in [6.07, 6.45) is 8.61. The van der Waals surface area contributed by atoms with Gasteiger partial charge in [-0.3, -0.25) is 10.2 Å². The second kappa shape index (κ2) is 9.88. The lowest BCUT2D eigenvalue weighted by Crippen LogP contribution is -2.53. The Morgan fingerprint density at radius 1 is 1.22 bits per heavy atom. The van der Waals surface area contributed by atoms with E-state index in [4.69, 9.17) is 16.6 Å². The van der Waals surface area contributed by atoms with Crippen molar-refractivity contribution in [2.24, 2.45) is 0 Å². The average molecular weight is 453 g/mol. The molecule has 1 fully saturated rings. The largest absolute Gasteiger partial charge is 0.414 e. The summed E-state index contributed by atoms with van der Waals surface area (Å²) in [7, 11) is 0. The molecule has 0 spiro atoms. The van der Waals surface area contributed by atoms with Gasteiger partial charge < -0.3 is 20.3 Å². The van der Waals surface area contributed by atoms with Crippen molar-refractivity contribution in [3.05, 3.63) is 40.8 Å². The van der Waals surface area contributed by atoms with Gasteiger partial charge in [0, 0.05) is 24.3 Å². The van der Waals surface area contributed by atoms with Gasteiger partial charge >= 0.3 is 6.09 Å². The van der Waals surface area contributed by atoms with Crippen LogP contribution in [0.15, 0.2) is 30.3 Å². The molecule has 8 heteroatoms. The Bertz CT molecular complexity index is 1070. The van der Waals surface area contributed by atoms with Crippen molar-refractivity contribution in [2.45, 2.75) is 52.0 Å². The molecule has 0 unspecified atom stereocenters. The number of hydrogen-bond donors (Lipinski definition) is 3. The second-order valence-corrected chi connectivity index (χ2v) is 9.31. The van der Waals surface area contributed by atoms with E-state index < -0.39 is 11.6 Å². The third kappa shape index (κ3) is 5.68. The van der Waals surface area contributed by atoms with Crippen LogP contribution in [0.25, 0.3) is 0 Å². The summed E-state index contributed by atoms with van der Waals surface area (Å²) in [5.74, 6) is 2.73. The fourth-order valence-corrected chi connectivity index (χ4v) is 4.14. The molecule has 1 aliphatic heterocycles. The molecule has 2 amide bonds. The Balaban J connectivity index is 1.63. The van der Waals surface area contributed by atoms with Gasteiger partial charge in [-0.05, 0) is 69.5 Å². The number of terminal acetylenes is 1. The molecule has 1 aromatic carbocycles. The van der Waals surface area contributed by atoms with Crippen molar-refractivity contribution in [2.75, 3.05) is 16.8 Å². The molecule has 0 bridgehead atoms. The Morgan fingerprint density at radius 2 is 2.00 bits per heavy atom. The van der Waals surface area contributed by atoms with Crippen molar-refractivity contribution in [1.82, 2.24) is 5.32 Å². The van der Waals surface area contributed by atoms with E-state index in [0.29, 0.717) is 21.5 Å². The smallest absolute Gasteiger partial charge is 0.399 e. The molecule has 0 saturated carbocycles. The molecular formula is C24H28N4O3S. The van der Waals surface area contributed by atoms with Crippen LogP contribution >= 0.6 is 11.3 Å². The molecule has 1 aromatic heterocycles. The number of amidine groups is 1. The van der Waals surface area contributed by atoms with E-state index in [1.807, 2.05) is 30.0 Å². The highest BCUT2D eigenvalue weighted by Gasteiger charge is 2.31. The number of amides is 2. The standard InChI is InChI=1S/C24H28N4O3S/c1-5-18-11-13-21(32-18)31-23(30)27-24(3,4)22(29)26-17-10-12-19(16(2)15-17)28-14-8-6-7-9-20(28)25/h1,10-13,15,25H,6-9,14H2,2-4H3,(H,26,29)(H,27,30). The van der Waals surface area contributed by atoms with Gasteiger partial charge in [-0.15, -0.1) is 6.42 Å². The fourth-order valence-electron chi connectivity index (χ4n) is 3.48. The number of nitrogens with zero attached hydrogens (tertiary/aromatic N) is 1. The van der Waals surface area contributed by atoms with Crippen LogP contribution in [0.2, 0.25) is 0 Å². The highest BCUT2D eigenvalue weighted by atomic mass is 32.1. The zero-order valence-electron chi connectivity index (χ0n) is 18.6. The van der Waals surface area contributed by atoms with Crippen LogP contribution in [0.5, 0.6) is 5.06 Å². The lowest BCUT2D eigenvalue weighted by atomic mass is 10.0. The first kappa shape index (κ1) is 23.4. The zero-order chi connectivity index (χ0) is 23.3. The van der Waals surface area contributed by atoms with E-state index in [1.165, 1.54) is 11.3 Å². The summed E-state index contributed by atoms with van der Waals surface area (Å²) in [4.78, 5) is 27.7. The molecule has 0 atom stereocenters. The summed E-state index contributed by atoms with van der Waals surface area (Å²) in [6.45, 7) is 6.00. The van der Waals surface area contributed by atoms with Gasteiger partial charge in [0.2, 0.25) is 5.91 Å². The predicted molar refractivity (Wildman–Crippen MR) is 129 cm³/mol. The Hall–Kier alpha value is -3.31. The molecule has 0 radical (unpaired) electrons. The third-order valence-corrected chi connectivity index (χ3v) is 6.16. The Kier molecular flexibility index (Phi) is 7.21. The van der Waals surface area contributed by atoms with Gasteiger partial charge in [-0.2, -0.15) is 0 Å². The maximum atomic E-state index is 12.8. The number of hydrogen-bond acceptors (Lipinski definition) is 5. The molecule has 2 heterocycles. The van der Waals surface area contributed by atoms with Crippen LogP contribution in [0.1, 0.15) is 50.0 Å². The summed E-state index contributed by atoms with van der Waals surface area (Å²) < 4.78 is 5.22. The van der Waals surface area contributed by atoms with Gasteiger partial charge in [0.25, 0.3) is 0 Å². The molecule has 168 valence electrons. The number of thiophene rings is 1. The molecule has 3 rings (SSSR count). The molecule has 3 N–H and O–H groups in total. The number of nitrogens with one attached hydrogen (secondary N) is 3. The van der Waals surface area contributed by atoms with E-state index in [9.17, 15) is 9.59 Å². The molecule has 2 aromatic rings. The summed E-state index contributed by atoms with van der Waals surface area (Å²) in [6, 6.07) is 8.93. The SMILES string of the molecule is C#Cc1ccc(OC(=O)NC(C)(C)C(=O)Nc2ccc(N3CCCCCC3=N)c(C)c2)s1. The predicted octanol–water partition coefficient (Wildman–Crippen LogP) is 4.90. The van der Waals surface area contributed by atoms with Gasteiger partial charge in [0.1, 0.15) is 11.4 Å². The molecule has 1 aliphatic rings.